The summed E-state index contributed by atoms with van der Waals surface area (Å²) in [4.78, 5) is 30.3. The highest BCUT2D eigenvalue weighted by Gasteiger charge is 2.38. The van der Waals surface area contributed by atoms with Gasteiger partial charge in [0, 0.05) is 24.9 Å². The number of carbonyl (C=O) groups excluding carboxylic acids is 1. The third kappa shape index (κ3) is 17.4. The lowest BCUT2D eigenvalue weighted by Gasteiger charge is -2.25. The van der Waals surface area contributed by atoms with Gasteiger partial charge in [-0.3, -0.25) is 4.79 Å². The first kappa shape index (κ1) is 36.4. The largest absolute Gasteiger partial charge is 0.497 e. The Morgan fingerprint density at radius 2 is 1.46 bits per heavy atom. The van der Waals surface area contributed by atoms with Crippen molar-refractivity contribution in [2.24, 2.45) is 11.7 Å². The monoisotopic (exact) mass is 567 g/mol. The van der Waals surface area contributed by atoms with Crippen LogP contribution < -0.4 is 21.1 Å². The van der Waals surface area contributed by atoms with E-state index in [4.69, 9.17) is 30.3 Å². The summed E-state index contributed by atoms with van der Waals surface area (Å²) in [6, 6.07) is 7.36. The molecule has 214 valence electrons. The first-order valence-corrected chi connectivity index (χ1v) is 11.1. The minimum Gasteiger partial charge on any atom is -0.497 e. The summed E-state index contributed by atoms with van der Waals surface area (Å²) >= 11 is 4.17. The van der Waals surface area contributed by atoms with E-state index in [2.05, 4.69) is 37.1 Å². The molecule has 0 heterocycles. The summed E-state index contributed by atoms with van der Waals surface area (Å²) in [7, 11) is 1.63. The van der Waals surface area contributed by atoms with Crippen molar-refractivity contribution in [1.29, 1.82) is 0 Å². The SMILES string of the molecule is CC[C@H](C)[C@H](NC[C@@H](N)CS)C(=O)NCc1ccc(OC)cc1.O=C(O)C(F)(F)F.O=C(O)C(F)(F)F. The maximum absolute atomic E-state index is 12.5. The minimum absolute atomic E-state index is 0.00142. The van der Waals surface area contributed by atoms with Crippen LogP contribution >= 0.6 is 12.6 Å². The number of nitrogens with one attached hydrogen (secondary N) is 2. The van der Waals surface area contributed by atoms with Gasteiger partial charge in [-0.05, 0) is 23.6 Å². The minimum atomic E-state index is -5.08. The van der Waals surface area contributed by atoms with Crippen molar-refractivity contribution < 1.29 is 55.7 Å². The van der Waals surface area contributed by atoms with Crippen molar-refractivity contribution >= 4 is 30.5 Å². The van der Waals surface area contributed by atoms with Gasteiger partial charge in [0.15, 0.2) is 0 Å². The van der Waals surface area contributed by atoms with Gasteiger partial charge in [0.2, 0.25) is 5.91 Å². The molecule has 0 aliphatic carbocycles. The number of aliphatic carboxylic acids is 2. The number of ether oxygens (including phenoxy) is 1. The van der Waals surface area contributed by atoms with Crippen molar-refractivity contribution in [3.8, 4) is 5.75 Å². The summed E-state index contributed by atoms with van der Waals surface area (Å²) < 4.78 is 68.6. The second kappa shape index (κ2) is 17.7. The Bertz CT molecular complexity index is 800. The summed E-state index contributed by atoms with van der Waals surface area (Å²) in [5.41, 5.74) is 6.91. The van der Waals surface area contributed by atoms with E-state index in [1.807, 2.05) is 24.3 Å². The Morgan fingerprint density at radius 1 is 1.03 bits per heavy atom. The van der Waals surface area contributed by atoms with Gasteiger partial charge in [-0.1, -0.05) is 32.4 Å². The molecule has 0 unspecified atom stereocenters. The van der Waals surface area contributed by atoms with E-state index in [0.717, 1.165) is 17.7 Å². The zero-order chi connectivity index (χ0) is 29.4. The van der Waals surface area contributed by atoms with Crippen molar-refractivity contribution in [2.45, 2.75) is 51.2 Å². The number of alkyl halides is 6. The van der Waals surface area contributed by atoms with Crippen molar-refractivity contribution in [2.75, 3.05) is 19.4 Å². The van der Waals surface area contributed by atoms with Crippen LogP contribution in [-0.4, -0.2) is 71.9 Å². The highest BCUT2D eigenvalue weighted by atomic mass is 32.1. The molecule has 0 bridgehead atoms. The second-order valence-corrected chi connectivity index (χ2v) is 7.75. The lowest BCUT2D eigenvalue weighted by molar-refractivity contribution is -0.193. The van der Waals surface area contributed by atoms with Gasteiger partial charge in [0.05, 0.1) is 13.2 Å². The Kier molecular flexibility index (Phi) is 17.4. The lowest BCUT2D eigenvalue weighted by atomic mass is 9.98. The summed E-state index contributed by atoms with van der Waals surface area (Å²) in [6.07, 6.45) is -9.25. The van der Waals surface area contributed by atoms with Crippen LogP contribution in [-0.2, 0) is 20.9 Å². The van der Waals surface area contributed by atoms with Gasteiger partial charge in [-0.25, -0.2) is 9.59 Å². The van der Waals surface area contributed by atoms with Gasteiger partial charge >= 0.3 is 24.3 Å². The Morgan fingerprint density at radius 3 is 1.78 bits per heavy atom. The van der Waals surface area contributed by atoms with Crippen LogP contribution in [0.4, 0.5) is 26.3 Å². The maximum Gasteiger partial charge on any atom is 0.490 e. The Labute approximate surface area is 215 Å². The van der Waals surface area contributed by atoms with Crippen LogP contribution in [0.25, 0.3) is 0 Å². The quantitative estimate of drug-likeness (QED) is 0.187. The summed E-state index contributed by atoms with van der Waals surface area (Å²) in [5.74, 6) is -3.88. The number of carboxylic acid groups (broad SMARTS) is 2. The molecule has 0 aromatic heterocycles. The second-order valence-electron chi connectivity index (χ2n) is 7.39. The molecule has 0 aliphatic rings. The first-order chi connectivity index (χ1) is 16.9. The summed E-state index contributed by atoms with van der Waals surface area (Å²) in [6.45, 7) is 5.22. The number of benzene rings is 1. The normalized spacial score (nSPS) is 13.5. The van der Waals surface area contributed by atoms with E-state index in [-0.39, 0.29) is 23.9 Å². The van der Waals surface area contributed by atoms with E-state index in [1.165, 1.54) is 0 Å². The molecular formula is C21H31F6N3O6S. The predicted octanol–water partition coefficient (Wildman–Crippen LogP) is 2.84. The number of methoxy groups -OCH3 is 1. The highest BCUT2D eigenvalue weighted by molar-refractivity contribution is 7.80. The Balaban J connectivity index is 0. The molecular weight excluding hydrogens is 536 g/mol. The number of hydrogen-bond acceptors (Lipinski definition) is 7. The molecule has 0 radical (unpaired) electrons. The van der Waals surface area contributed by atoms with Crippen LogP contribution in [0.2, 0.25) is 0 Å². The zero-order valence-electron chi connectivity index (χ0n) is 20.2. The molecule has 1 rings (SSSR count). The molecule has 3 atom stereocenters. The zero-order valence-corrected chi connectivity index (χ0v) is 21.1. The number of amides is 1. The molecule has 6 N–H and O–H groups in total. The molecule has 1 aromatic carbocycles. The average molecular weight is 568 g/mol. The molecule has 1 aromatic rings. The molecule has 9 nitrogen and oxygen atoms in total. The van der Waals surface area contributed by atoms with Gasteiger partial charge in [-0.15, -0.1) is 0 Å². The number of nitrogens with two attached hydrogens (primary N) is 1. The number of rotatable bonds is 10. The maximum atomic E-state index is 12.5. The molecule has 37 heavy (non-hydrogen) atoms. The van der Waals surface area contributed by atoms with Gasteiger partial charge in [0.1, 0.15) is 5.75 Å². The summed E-state index contributed by atoms with van der Waals surface area (Å²) in [5, 5.41) is 20.5. The van der Waals surface area contributed by atoms with Gasteiger partial charge < -0.3 is 31.3 Å². The van der Waals surface area contributed by atoms with Crippen molar-refractivity contribution in [1.82, 2.24) is 10.6 Å². The number of halogens is 6. The molecule has 1 amide bonds. The fraction of sp³-hybridized carbons (Fsp3) is 0.571. The van der Waals surface area contributed by atoms with E-state index in [1.54, 1.807) is 7.11 Å². The van der Waals surface area contributed by atoms with E-state index in [0.29, 0.717) is 18.8 Å². The van der Waals surface area contributed by atoms with Crippen molar-refractivity contribution in [3.63, 3.8) is 0 Å². The molecule has 0 spiro atoms. The first-order valence-electron chi connectivity index (χ1n) is 10.5. The molecule has 0 saturated heterocycles. The van der Waals surface area contributed by atoms with E-state index < -0.39 is 24.3 Å². The third-order valence-electron chi connectivity index (χ3n) is 4.44. The number of carboxylic acids is 2. The third-order valence-corrected chi connectivity index (χ3v) is 4.91. The highest BCUT2D eigenvalue weighted by Crippen LogP contribution is 2.14. The smallest absolute Gasteiger partial charge is 0.490 e. The fourth-order valence-corrected chi connectivity index (χ4v) is 2.30. The van der Waals surface area contributed by atoms with Gasteiger partial charge in [0.25, 0.3) is 0 Å². The lowest BCUT2D eigenvalue weighted by Crippen LogP contribution is -2.51. The van der Waals surface area contributed by atoms with Crippen LogP contribution in [0.15, 0.2) is 24.3 Å². The Hall–Kier alpha value is -2.72. The number of carbonyl (C=O) groups is 3. The average Bonchev–Trinajstić information content (AvgIpc) is 2.82. The standard InChI is InChI=1S/C17H29N3O2S.2C2HF3O2/c1-4-12(2)16(19-10-14(18)11-23)17(21)20-9-13-5-7-15(22-3)8-6-13;2*3-2(4,5)1(6)7/h5-8,12,14,16,19,23H,4,9-11,18H2,1-3H3,(H,20,21);2*(H,6,7)/t12-,14+,16-;;/m0../s1. The van der Waals surface area contributed by atoms with Crippen LogP contribution in [0.1, 0.15) is 25.8 Å². The van der Waals surface area contributed by atoms with Crippen molar-refractivity contribution in [3.05, 3.63) is 29.8 Å². The number of hydrogen-bond donors (Lipinski definition) is 6. The van der Waals surface area contributed by atoms with Gasteiger partial charge in [-0.2, -0.15) is 39.0 Å². The van der Waals surface area contributed by atoms with Crippen LogP contribution in [0, 0.1) is 5.92 Å². The molecule has 0 saturated carbocycles. The van der Waals surface area contributed by atoms with E-state index in [9.17, 15) is 31.1 Å². The van der Waals surface area contributed by atoms with E-state index >= 15 is 0 Å². The predicted molar refractivity (Wildman–Crippen MR) is 125 cm³/mol. The topological polar surface area (TPSA) is 151 Å². The molecule has 16 heteroatoms. The van der Waals surface area contributed by atoms with Crippen LogP contribution in [0.3, 0.4) is 0 Å². The number of thiol groups is 1. The fourth-order valence-electron chi connectivity index (χ4n) is 2.17. The molecule has 0 aliphatic heterocycles. The van der Waals surface area contributed by atoms with Crippen LogP contribution in [0.5, 0.6) is 5.75 Å². The molecule has 0 fully saturated rings.